The predicted octanol–water partition coefficient (Wildman–Crippen LogP) is 4.44. The maximum absolute atomic E-state index is 14.3. The number of pyridine rings is 1. The van der Waals surface area contributed by atoms with Crippen molar-refractivity contribution in [3.05, 3.63) is 68.3 Å². The fraction of sp³-hybridized carbons (Fsp3) is 0.333. The summed E-state index contributed by atoms with van der Waals surface area (Å²) in [4.78, 5) is 11.5. The van der Waals surface area contributed by atoms with Crippen LogP contribution in [0.4, 0.5) is 4.39 Å². The first-order valence-corrected chi connectivity index (χ1v) is 8.58. The number of hydrogen-bond donors (Lipinski definition) is 1. The highest BCUT2D eigenvalue weighted by Gasteiger charge is 2.19. The van der Waals surface area contributed by atoms with E-state index in [0.29, 0.717) is 27.7 Å². The fourth-order valence-corrected chi connectivity index (χ4v) is 3.10. The number of nitrogens with zero attached hydrogens (tertiary/aromatic N) is 2. The van der Waals surface area contributed by atoms with Crippen LogP contribution in [-0.4, -0.2) is 15.5 Å². The number of halogens is 2. The first-order valence-electron chi connectivity index (χ1n) is 7.79. The van der Waals surface area contributed by atoms with Crippen LogP contribution >= 0.6 is 15.9 Å². The molecule has 4 nitrogen and oxygen atoms in total. The second-order valence-corrected chi connectivity index (χ2v) is 6.68. The van der Waals surface area contributed by atoms with E-state index in [0.717, 1.165) is 12.8 Å². The molecule has 128 valence electrons. The van der Waals surface area contributed by atoms with Crippen molar-refractivity contribution in [2.45, 2.75) is 32.1 Å². The second-order valence-electron chi connectivity index (χ2n) is 5.77. The molecule has 6 heteroatoms. The second kappa shape index (κ2) is 8.24. The van der Waals surface area contributed by atoms with Crippen molar-refractivity contribution >= 4 is 21.6 Å². The number of aromatic nitrogens is 1. The molecule has 24 heavy (non-hydrogen) atoms. The zero-order valence-corrected chi connectivity index (χ0v) is 15.3. The van der Waals surface area contributed by atoms with Crippen LogP contribution in [0, 0.1) is 5.82 Å². The minimum atomic E-state index is -0.277. The number of rotatable bonds is 6. The monoisotopic (exact) mass is 394 g/mol. The van der Waals surface area contributed by atoms with Gasteiger partial charge >= 0.3 is 0 Å². The van der Waals surface area contributed by atoms with Crippen LogP contribution in [-0.2, 0) is 7.05 Å². The molecular weight excluding hydrogens is 375 g/mol. The zero-order chi connectivity index (χ0) is 17.7. The average Bonchev–Trinajstić information content (AvgIpc) is 2.54. The summed E-state index contributed by atoms with van der Waals surface area (Å²) in [6, 6.07) is 8.06. The van der Waals surface area contributed by atoms with Gasteiger partial charge in [0.15, 0.2) is 0 Å². The van der Waals surface area contributed by atoms with Crippen LogP contribution in [0.3, 0.4) is 0 Å². The number of oxime groups is 1. The van der Waals surface area contributed by atoms with Gasteiger partial charge in [-0.25, -0.2) is 4.39 Å². The molecule has 0 saturated carbocycles. The Balaban J connectivity index is 2.34. The molecule has 0 spiro atoms. The van der Waals surface area contributed by atoms with E-state index in [1.54, 1.807) is 25.4 Å². The molecule has 1 N–H and O–H groups in total. The van der Waals surface area contributed by atoms with E-state index in [2.05, 4.69) is 21.1 Å². The third kappa shape index (κ3) is 4.32. The third-order valence-corrected chi connectivity index (χ3v) is 4.51. The molecule has 0 saturated heterocycles. The van der Waals surface area contributed by atoms with Crippen LogP contribution in [0.2, 0.25) is 0 Å². The Morgan fingerprint density at radius 1 is 1.38 bits per heavy atom. The highest BCUT2D eigenvalue weighted by molar-refractivity contribution is 9.10. The van der Waals surface area contributed by atoms with Gasteiger partial charge in [-0.2, -0.15) is 0 Å². The summed E-state index contributed by atoms with van der Waals surface area (Å²) in [5, 5.41) is 12.8. The van der Waals surface area contributed by atoms with E-state index in [1.807, 2.05) is 13.0 Å². The molecule has 1 unspecified atom stereocenters. The minimum Gasteiger partial charge on any atom is -0.411 e. The number of aryl methyl sites for hydroxylation is 1. The van der Waals surface area contributed by atoms with Gasteiger partial charge in [0.1, 0.15) is 5.82 Å². The Kier molecular flexibility index (Phi) is 6.31. The van der Waals surface area contributed by atoms with Crippen molar-refractivity contribution in [1.29, 1.82) is 0 Å². The summed E-state index contributed by atoms with van der Waals surface area (Å²) in [5.74, 6) is -0.383. The normalized spacial score (nSPS) is 13.1. The number of benzene rings is 1. The first kappa shape index (κ1) is 18.4. The van der Waals surface area contributed by atoms with Crippen LogP contribution in [0.15, 0.2) is 51.0 Å². The summed E-state index contributed by atoms with van der Waals surface area (Å²) >= 11 is 3.26. The van der Waals surface area contributed by atoms with Crippen molar-refractivity contribution in [2.75, 3.05) is 0 Å². The van der Waals surface area contributed by atoms with Gasteiger partial charge in [-0.15, -0.1) is 0 Å². The molecule has 0 aliphatic heterocycles. The van der Waals surface area contributed by atoms with Crippen LogP contribution < -0.4 is 5.56 Å². The highest BCUT2D eigenvalue weighted by atomic mass is 79.9. The van der Waals surface area contributed by atoms with Gasteiger partial charge in [-0.3, -0.25) is 4.79 Å². The van der Waals surface area contributed by atoms with Gasteiger partial charge in [-0.05, 0) is 36.1 Å². The van der Waals surface area contributed by atoms with E-state index < -0.39 is 0 Å². The summed E-state index contributed by atoms with van der Waals surface area (Å²) < 4.78 is 16.4. The average molecular weight is 395 g/mol. The molecule has 1 heterocycles. The number of hydrogen-bond acceptors (Lipinski definition) is 3. The molecule has 0 amide bonds. The lowest BCUT2D eigenvalue weighted by Crippen LogP contribution is -2.18. The van der Waals surface area contributed by atoms with Crippen LogP contribution in [0.5, 0.6) is 0 Å². The largest absolute Gasteiger partial charge is 0.411 e. The molecule has 1 aromatic heterocycles. The summed E-state index contributed by atoms with van der Waals surface area (Å²) in [6.45, 7) is 2.03. The molecule has 0 radical (unpaired) electrons. The summed E-state index contributed by atoms with van der Waals surface area (Å²) in [5.41, 5.74) is 1.55. The Morgan fingerprint density at radius 3 is 2.71 bits per heavy atom. The molecule has 0 aliphatic carbocycles. The maximum Gasteiger partial charge on any atom is 0.250 e. The molecular formula is C18H20BrFN2O2. The lowest BCUT2D eigenvalue weighted by Gasteiger charge is -2.18. The van der Waals surface area contributed by atoms with Crippen LogP contribution in [0.1, 0.15) is 43.2 Å². The Bertz CT molecular complexity index is 802. The Morgan fingerprint density at radius 2 is 2.12 bits per heavy atom. The Labute approximate surface area is 148 Å². The minimum absolute atomic E-state index is 0.105. The fourth-order valence-electron chi connectivity index (χ4n) is 2.76. The van der Waals surface area contributed by atoms with Gasteiger partial charge in [0.05, 0.1) is 5.71 Å². The third-order valence-electron chi connectivity index (χ3n) is 4.02. The quantitative estimate of drug-likeness (QED) is 0.447. The molecule has 1 atom stereocenters. The standard InChI is InChI=1S/C18H20BrFN2O2/c1-3-4-12(15-7-6-14(19)10-16(15)20)9-17(21-24)13-5-8-18(23)22(2)11-13/h5-8,10-12,24H,3-4,9H2,1-2H3/b21-17+. The molecule has 2 aromatic rings. The van der Waals surface area contributed by atoms with Gasteiger partial charge in [-0.1, -0.05) is 40.5 Å². The van der Waals surface area contributed by atoms with E-state index in [-0.39, 0.29) is 17.3 Å². The van der Waals surface area contributed by atoms with Crippen molar-refractivity contribution < 1.29 is 9.60 Å². The smallest absolute Gasteiger partial charge is 0.250 e. The predicted molar refractivity (Wildman–Crippen MR) is 96.4 cm³/mol. The van der Waals surface area contributed by atoms with Crippen molar-refractivity contribution in [1.82, 2.24) is 4.57 Å². The molecule has 0 fully saturated rings. The van der Waals surface area contributed by atoms with Gasteiger partial charge < -0.3 is 9.77 Å². The van der Waals surface area contributed by atoms with E-state index >= 15 is 0 Å². The molecule has 2 rings (SSSR count). The summed E-state index contributed by atoms with van der Waals surface area (Å²) in [7, 11) is 1.64. The molecule has 0 bridgehead atoms. The van der Waals surface area contributed by atoms with E-state index in [9.17, 15) is 14.4 Å². The molecule has 0 aliphatic rings. The Hall–Kier alpha value is -1.95. The maximum atomic E-state index is 14.3. The van der Waals surface area contributed by atoms with Crippen molar-refractivity contribution in [3.63, 3.8) is 0 Å². The topological polar surface area (TPSA) is 54.6 Å². The molecule has 1 aromatic carbocycles. The van der Waals surface area contributed by atoms with Gasteiger partial charge in [0.2, 0.25) is 5.56 Å². The zero-order valence-electron chi connectivity index (χ0n) is 13.7. The lowest BCUT2D eigenvalue weighted by molar-refractivity contribution is 0.317. The highest BCUT2D eigenvalue weighted by Crippen LogP contribution is 2.30. The van der Waals surface area contributed by atoms with Crippen LogP contribution in [0.25, 0.3) is 0 Å². The van der Waals surface area contributed by atoms with Gasteiger partial charge in [0, 0.05) is 35.8 Å². The SMILES string of the molecule is CCCC(C/C(=N\O)c1ccc(=O)n(C)c1)c1ccc(Br)cc1F. The van der Waals surface area contributed by atoms with Crippen molar-refractivity contribution in [3.8, 4) is 0 Å². The van der Waals surface area contributed by atoms with Crippen molar-refractivity contribution in [2.24, 2.45) is 12.2 Å². The van der Waals surface area contributed by atoms with Gasteiger partial charge in [0.25, 0.3) is 0 Å². The first-order chi connectivity index (χ1) is 11.5. The van der Waals surface area contributed by atoms with E-state index in [4.69, 9.17) is 0 Å². The lowest BCUT2D eigenvalue weighted by atomic mass is 9.87. The van der Waals surface area contributed by atoms with E-state index in [1.165, 1.54) is 16.7 Å². The summed E-state index contributed by atoms with van der Waals surface area (Å²) in [6.07, 6.45) is 3.66.